The van der Waals surface area contributed by atoms with E-state index in [1.54, 1.807) is 25.3 Å². The fourth-order valence-electron chi connectivity index (χ4n) is 2.40. The van der Waals surface area contributed by atoms with Gasteiger partial charge in [-0.3, -0.25) is 0 Å². The first-order valence-corrected chi connectivity index (χ1v) is 6.79. The third-order valence-electron chi connectivity index (χ3n) is 3.30. The Morgan fingerprint density at radius 2 is 2.47 bits per heavy atom. The molecule has 5 nitrogen and oxygen atoms in total. The van der Waals surface area contributed by atoms with Gasteiger partial charge in [-0.25, -0.2) is 9.78 Å². The van der Waals surface area contributed by atoms with Crippen LogP contribution in [0, 0.1) is 0 Å². The second kappa shape index (κ2) is 6.52. The number of carbonyl (C=O) groups is 1. The molecule has 1 saturated heterocycles. The predicted molar refractivity (Wildman–Crippen MR) is 74.5 cm³/mol. The summed E-state index contributed by atoms with van der Waals surface area (Å²) in [6.07, 6.45) is 4.09. The number of anilines is 1. The number of nitrogens with zero attached hydrogens (tertiary/aromatic N) is 2. The Labute approximate surface area is 114 Å². The summed E-state index contributed by atoms with van der Waals surface area (Å²) in [7, 11) is 1.96. The lowest BCUT2D eigenvalue weighted by atomic mass is 10.2. The molecule has 2 heterocycles. The standard InChI is InChI=1S/C14H21N3O2/c1-3-19-14(18)12-7-5-9-16-13(12)17(2)10-11-6-4-8-15-11/h5,7,9,11,15H,3-4,6,8,10H2,1-2H3. The quantitative estimate of drug-likeness (QED) is 0.815. The Bertz CT molecular complexity index is 430. The summed E-state index contributed by atoms with van der Waals surface area (Å²) in [6, 6.07) is 4.00. The summed E-state index contributed by atoms with van der Waals surface area (Å²) in [5.41, 5.74) is 0.532. The smallest absolute Gasteiger partial charge is 0.341 e. The molecule has 1 aliphatic rings. The molecule has 2 rings (SSSR count). The molecule has 1 aromatic heterocycles. The van der Waals surface area contributed by atoms with Crippen molar-refractivity contribution < 1.29 is 9.53 Å². The van der Waals surface area contributed by atoms with Crippen LogP contribution < -0.4 is 10.2 Å². The molecule has 0 aliphatic carbocycles. The van der Waals surface area contributed by atoms with Gasteiger partial charge in [-0.2, -0.15) is 0 Å². The van der Waals surface area contributed by atoms with Gasteiger partial charge in [0.05, 0.1) is 6.61 Å². The fraction of sp³-hybridized carbons (Fsp3) is 0.571. The minimum atomic E-state index is -0.308. The lowest BCUT2D eigenvalue weighted by molar-refractivity contribution is 0.0526. The second-order valence-electron chi connectivity index (χ2n) is 4.77. The average molecular weight is 263 g/mol. The zero-order chi connectivity index (χ0) is 13.7. The van der Waals surface area contributed by atoms with E-state index in [0.29, 0.717) is 24.0 Å². The highest BCUT2D eigenvalue weighted by Gasteiger charge is 2.20. The molecule has 5 heteroatoms. The average Bonchev–Trinajstić information content (AvgIpc) is 2.92. The van der Waals surface area contributed by atoms with Gasteiger partial charge in [0.15, 0.2) is 0 Å². The largest absolute Gasteiger partial charge is 0.462 e. The highest BCUT2D eigenvalue weighted by Crippen LogP contribution is 2.18. The van der Waals surface area contributed by atoms with E-state index in [4.69, 9.17) is 4.74 Å². The van der Waals surface area contributed by atoms with E-state index in [9.17, 15) is 4.79 Å². The molecule has 0 radical (unpaired) electrons. The maximum Gasteiger partial charge on any atom is 0.341 e. The molecular formula is C14H21N3O2. The number of ether oxygens (including phenoxy) is 1. The van der Waals surface area contributed by atoms with Crippen molar-refractivity contribution >= 4 is 11.8 Å². The van der Waals surface area contributed by atoms with Gasteiger partial charge in [0.2, 0.25) is 0 Å². The number of rotatable bonds is 5. The van der Waals surface area contributed by atoms with Crippen LogP contribution in [-0.4, -0.2) is 43.7 Å². The SMILES string of the molecule is CCOC(=O)c1cccnc1N(C)CC1CCCN1. The van der Waals surface area contributed by atoms with Gasteiger partial charge in [0.1, 0.15) is 11.4 Å². The molecular weight excluding hydrogens is 242 g/mol. The van der Waals surface area contributed by atoms with Crippen molar-refractivity contribution in [3.05, 3.63) is 23.9 Å². The number of hydrogen-bond donors (Lipinski definition) is 1. The highest BCUT2D eigenvalue weighted by molar-refractivity contribution is 5.94. The monoisotopic (exact) mass is 263 g/mol. The van der Waals surface area contributed by atoms with E-state index in [1.165, 1.54) is 12.8 Å². The molecule has 0 amide bonds. The zero-order valence-corrected chi connectivity index (χ0v) is 11.6. The highest BCUT2D eigenvalue weighted by atomic mass is 16.5. The van der Waals surface area contributed by atoms with Crippen LogP contribution in [0.15, 0.2) is 18.3 Å². The van der Waals surface area contributed by atoms with Crippen LogP contribution in [-0.2, 0) is 4.74 Å². The first-order chi connectivity index (χ1) is 9.22. The van der Waals surface area contributed by atoms with Crippen LogP contribution in [0.1, 0.15) is 30.1 Å². The van der Waals surface area contributed by atoms with Gasteiger partial charge >= 0.3 is 5.97 Å². The van der Waals surface area contributed by atoms with Crippen molar-refractivity contribution in [1.82, 2.24) is 10.3 Å². The van der Waals surface area contributed by atoms with Gasteiger partial charge in [-0.05, 0) is 38.4 Å². The first-order valence-electron chi connectivity index (χ1n) is 6.79. The maximum absolute atomic E-state index is 11.9. The molecule has 1 aromatic rings. The topological polar surface area (TPSA) is 54.5 Å². The number of esters is 1. The maximum atomic E-state index is 11.9. The number of aromatic nitrogens is 1. The molecule has 1 aliphatic heterocycles. The summed E-state index contributed by atoms with van der Waals surface area (Å²) in [5.74, 6) is 0.381. The van der Waals surface area contributed by atoms with Gasteiger partial charge < -0.3 is 15.0 Å². The Morgan fingerprint density at radius 3 is 3.16 bits per heavy atom. The molecule has 0 bridgehead atoms. The third-order valence-corrected chi connectivity index (χ3v) is 3.30. The first kappa shape index (κ1) is 13.8. The summed E-state index contributed by atoms with van der Waals surface area (Å²) >= 11 is 0. The summed E-state index contributed by atoms with van der Waals surface area (Å²) in [6.45, 7) is 4.11. The van der Waals surface area contributed by atoms with Crippen molar-refractivity contribution in [2.24, 2.45) is 0 Å². The van der Waals surface area contributed by atoms with Crippen LogP contribution in [0.2, 0.25) is 0 Å². The lowest BCUT2D eigenvalue weighted by Gasteiger charge is -2.23. The minimum absolute atomic E-state index is 0.308. The van der Waals surface area contributed by atoms with Gasteiger partial charge in [0, 0.05) is 25.8 Å². The number of carbonyl (C=O) groups excluding carboxylic acids is 1. The minimum Gasteiger partial charge on any atom is -0.462 e. The van der Waals surface area contributed by atoms with E-state index < -0.39 is 0 Å². The fourth-order valence-corrected chi connectivity index (χ4v) is 2.40. The third kappa shape index (κ3) is 3.44. The number of nitrogens with one attached hydrogen (secondary N) is 1. The number of pyridine rings is 1. The van der Waals surface area contributed by atoms with Gasteiger partial charge in [-0.1, -0.05) is 0 Å². The van der Waals surface area contributed by atoms with E-state index in [-0.39, 0.29) is 5.97 Å². The van der Waals surface area contributed by atoms with Crippen molar-refractivity contribution in [2.45, 2.75) is 25.8 Å². The van der Waals surface area contributed by atoms with Crippen molar-refractivity contribution in [3.8, 4) is 0 Å². The van der Waals surface area contributed by atoms with Gasteiger partial charge in [-0.15, -0.1) is 0 Å². The zero-order valence-electron chi connectivity index (χ0n) is 11.6. The molecule has 0 saturated carbocycles. The van der Waals surface area contributed by atoms with Crippen LogP contribution in [0.4, 0.5) is 5.82 Å². The lowest BCUT2D eigenvalue weighted by Crippen LogP contribution is -2.36. The van der Waals surface area contributed by atoms with Crippen LogP contribution in [0.3, 0.4) is 0 Å². The van der Waals surface area contributed by atoms with E-state index >= 15 is 0 Å². The van der Waals surface area contributed by atoms with Crippen LogP contribution >= 0.6 is 0 Å². The molecule has 19 heavy (non-hydrogen) atoms. The number of likely N-dealkylation sites (N-methyl/N-ethyl adjacent to an activating group) is 1. The van der Waals surface area contributed by atoms with Crippen LogP contribution in [0.25, 0.3) is 0 Å². The van der Waals surface area contributed by atoms with Crippen molar-refractivity contribution in [3.63, 3.8) is 0 Å². The Balaban J connectivity index is 2.11. The van der Waals surface area contributed by atoms with Crippen LogP contribution in [0.5, 0.6) is 0 Å². The van der Waals surface area contributed by atoms with Gasteiger partial charge in [0.25, 0.3) is 0 Å². The Kier molecular flexibility index (Phi) is 4.74. The molecule has 0 spiro atoms. The van der Waals surface area contributed by atoms with E-state index in [2.05, 4.69) is 10.3 Å². The Morgan fingerprint density at radius 1 is 1.63 bits per heavy atom. The van der Waals surface area contributed by atoms with E-state index in [1.807, 2.05) is 11.9 Å². The number of hydrogen-bond acceptors (Lipinski definition) is 5. The second-order valence-corrected chi connectivity index (χ2v) is 4.77. The normalized spacial score (nSPS) is 18.3. The molecule has 1 atom stereocenters. The molecule has 1 fully saturated rings. The predicted octanol–water partition coefficient (Wildman–Crippen LogP) is 1.45. The summed E-state index contributed by atoms with van der Waals surface area (Å²) < 4.78 is 5.07. The Hall–Kier alpha value is -1.62. The summed E-state index contributed by atoms with van der Waals surface area (Å²) in [4.78, 5) is 18.2. The molecule has 0 aromatic carbocycles. The molecule has 1 unspecified atom stereocenters. The van der Waals surface area contributed by atoms with E-state index in [0.717, 1.165) is 13.1 Å². The van der Waals surface area contributed by atoms with Crippen molar-refractivity contribution in [1.29, 1.82) is 0 Å². The van der Waals surface area contributed by atoms with Crippen molar-refractivity contribution in [2.75, 3.05) is 31.6 Å². The molecule has 104 valence electrons. The summed E-state index contributed by atoms with van der Waals surface area (Å²) in [5, 5.41) is 3.45. The molecule has 1 N–H and O–H groups in total.